The molecule has 0 heterocycles. The highest BCUT2D eigenvalue weighted by atomic mass is 16.6. The average Bonchev–Trinajstić information content (AvgIpc) is 2.47. The SMILES string of the molecule is [CH2]CCCCCCCC(COC(=O)CC)OC(=O)CC. The van der Waals surface area contributed by atoms with Gasteiger partial charge in [-0.1, -0.05) is 52.9 Å². The Labute approximate surface area is 123 Å². The minimum atomic E-state index is -0.300. The summed E-state index contributed by atoms with van der Waals surface area (Å²) >= 11 is 0. The lowest BCUT2D eigenvalue weighted by Gasteiger charge is -2.17. The number of hydrogen-bond donors (Lipinski definition) is 0. The first-order valence-electron chi connectivity index (χ1n) is 7.78. The van der Waals surface area contributed by atoms with Gasteiger partial charge in [0.05, 0.1) is 0 Å². The van der Waals surface area contributed by atoms with Crippen LogP contribution in [0.3, 0.4) is 0 Å². The summed E-state index contributed by atoms with van der Waals surface area (Å²) in [6, 6.07) is 0. The molecule has 0 fully saturated rings. The zero-order chi connectivity index (χ0) is 15.2. The molecule has 1 atom stereocenters. The molecule has 0 aliphatic heterocycles. The number of hydrogen-bond acceptors (Lipinski definition) is 4. The topological polar surface area (TPSA) is 52.6 Å². The molecule has 0 aliphatic carbocycles. The van der Waals surface area contributed by atoms with Crippen LogP contribution in [0.15, 0.2) is 0 Å². The third kappa shape index (κ3) is 10.8. The van der Waals surface area contributed by atoms with Gasteiger partial charge in [0.1, 0.15) is 12.7 Å². The third-order valence-electron chi connectivity index (χ3n) is 3.08. The van der Waals surface area contributed by atoms with E-state index in [-0.39, 0.29) is 24.6 Å². The zero-order valence-electron chi connectivity index (χ0n) is 13.0. The summed E-state index contributed by atoms with van der Waals surface area (Å²) in [4.78, 5) is 22.5. The van der Waals surface area contributed by atoms with Gasteiger partial charge in [0.15, 0.2) is 0 Å². The number of esters is 2. The Hall–Kier alpha value is -1.06. The monoisotopic (exact) mass is 285 g/mol. The van der Waals surface area contributed by atoms with Crippen LogP contribution >= 0.6 is 0 Å². The molecule has 0 aromatic heterocycles. The van der Waals surface area contributed by atoms with Crippen LogP contribution in [0, 0.1) is 6.92 Å². The van der Waals surface area contributed by atoms with Crippen molar-refractivity contribution in [2.24, 2.45) is 0 Å². The molecule has 4 heteroatoms. The Kier molecular flexibility index (Phi) is 12.3. The molecule has 0 spiro atoms. The van der Waals surface area contributed by atoms with Crippen molar-refractivity contribution in [3.8, 4) is 0 Å². The Morgan fingerprint density at radius 3 is 2.15 bits per heavy atom. The summed E-state index contributed by atoms with van der Waals surface area (Å²) in [7, 11) is 0. The van der Waals surface area contributed by atoms with Crippen LogP contribution in [0.25, 0.3) is 0 Å². The second kappa shape index (κ2) is 12.9. The van der Waals surface area contributed by atoms with Crippen molar-refractivity contribution < 1.29 is 19.1 Å². The van der Waals surface area contributed by atoms with E-state index in [4.69, 9.17) is 9.47 Å². The molecule has 1 radical (unpaired) electrons. The van der Waals surface area contributed by atoms with Gasteiger partial charge in [0.25, 0.3) is 0 Å². The fourth-order valence-corrected chi connectivity index (χ4v) is 1.81. The van der Waals surface area contributed by atoms with Gasteiger partial charge in [0.2, 0.25) is 0 Å². The summed E-state index contributed by atoms with van der Waals surface area (Å²) in [5, 5.41) is 0. The molecule has 117 valence electrons. The molecule has 0 aliphatic rings. The highest BCUT2D eigenvalue weighted by molar-refractivity contribution is 5.69. The van der Waals surface area contributed by atoms with E-state index in [0.717, 1.165) is 25.7 Å². The average molecular weight is 285 g/mol. The van der Waals surface area contributed by atoms with Gasteiger partial charge in [-0.25, -0.2) is 0 Å². The van der Waals surface area contributed by atoms with Crippen LogP contribution in [-0.4, -0.2) is 24.6 Å². The molecule has 0 saturated carbocycles. The minimum Gasteiger partial charge on any atom is -0.462 e. The van der Waals surface area contributed by atoms with E-state index < -0.39 is 0 Å². The largest absolute Gasteiger partial charge is 0.462 e. The van der Waals surface area contributed by atoms with Gasteiger partial charge in [-0.05, 0) is 12.8 Å². The quantitative estimate of drug-likeness (QED) is 0.404. The first-order valence-corrected chi connectivity index (χ1v) is 7.78. The van der Waals surface area contributed by atoms with Crippen LogP contribution < -0.4 is 0 Å². The van der Waals surface area contributed by atoms with Crippen LogP contribution in [0.4, 0.5) is 0 Å². The van der Waals surface area contributed by atoms with Crippen LogP contribution in [-0.2, 0) is 19.1 Å². The van der Waals surface area contributed by atoms with E-state index in [1.54, 1.807) is 13.8 Å². The molecule has 0 amide bonds. The van der Waals surface area contributed by atoms with Crippen molar-refractivity contribution in [3.05, 3.63) is 6.92 Å². The maximum Gasteiger partial charge on any atom is 0.305 e. The van der Waals surface area contributed by atoms with E-state index in [1.165, 1.54) is 19.3 Å². The van der Waals surface area contributed by atoms with Gasteiger partial charge >= 0.3 is 11.9 Å². The van der Waals surface area contributed by atoms with Gasteiger partial charge in [-0.2, -0.15) is 0 Å². The van der Waals surface area contributed by atoms with E-state index in [9.17, 15) is 9.59 Å². The first kappa shape index (κ1) is 18.9. The number of carbonyl (C=O) groups is 2. The van der Waals surface area contributed by atoms with Crippen molar-refractivity contribution in [2.75, 3.05) is 6.61 Å². The van der Waals surface area contributed by atoms with Gasteiger partial charge in [-0.15, -0.1) is 0 Å². The Morgan fingerprint density at radius 1 is 0.950 bits per heavy atom. The fraction of sp³-hybridized carbons (Fsp3) is 0.812. The smallest absolute Gasteiger partial charge is 0.305 e. The molecule has 0 aromatic rings. The summed E-state index contributed by atoms with van der Waals surface area (Å²) in [6.07, 6.45) is 7.79. The third-order valence-corrected chi connectivity index (χ3v) is 3.08. The van der Waals surface area contributed by atoms with Crippen molar-refractivity contribution in [2.45, 2.75) is 77.7 Å². The highest BCUT2D eigenvalue weighted by Gasteiger charge is 2.15. The molecular weight excluding hydrogens is 256 g/mol. The van der Waals surface area contributed by atoms with Crippen molar-refractivity contribution >= 4 is 11.9 Å². The number of carbonyl (C=O) groups excluding carboxylic acids is 2. The molecule has 4 nitrogen and oxygen atoms in total. The molecule has 0 bridgehead atoms. The Balaban J connectivity index is 3.91. The van der Waals surface area contributed by atoms with Crippen molar-refractivity contribution in [3.63, 3.8) is 0 Å². The normalized spacial score (nSPS) is 11.9. The zero-order valence-corrected chi connectivity index (χ0v) is 13.0. The predicted molar refractivity (Wildman–Crippen MR) is 79.1 cm³/mol. The number of unbranched alkanes of at least 4 members (excludes halogenated alkanes) is 5. The molecule has 20 heavy (non-hydrogen) atoms. The standard InChI is InChI=1S/C16H29O4/c1-4-7-8-9-10-11-12-14(20-16(18)6-3)13-19-15(17)5-2/h14H,1,4-13H2,2-3H3. The van der Waals surface area contributed by atoms with Crippen LogP contribution in [0.1, 0.15) is 71.6 Å². The number of ether oxygens (including phenoxy) is 2. The summed E-state index contributed by atoms with van der Waals surface area (Å²) in [5.74, 6) is -0.488. The lowest BCUT2D eigenvalue weighted by atomic mass is 10.1. The van der Waals surface area contributed by atoms with Crippen LogP contribution in [0.5, 0.6) is 0 Å². The number of rotatable bonds is 12. The maximum absolute atomic E-state index is 11.3. The summed E-state index contributed by atoms with van der Waals surface area (Å²) < 4.78 is 10.4. The van der Waals surface area contributed by atoms with E-state index in [0.29, 0.717) is 12.8 Å². The molecule has 0 N–H and O–H groups in total. The molecule has 0 saturated heterocycles. The van der Waals surface area contributed by atoms with Crippen molar-refractivity contribution in [1.29, 1.82) is 0 Å². The van der Waals surface area contributed by atoms with Crippen molar-refractivity contribution in [1.82, 2.24) is 0 Å². The van der Waals surface area contributed by atoms with Gasteiger partial charge < -0.3 is 9.47 Å². The Bertz CT molecular complexity index is 263. The minimum absolute atomic E-state index is 0.178. The van der Waals surface area contributed by atoms with Gasteiger partial charge in [0, 0.05) is 12.8 Å². The molecular formula is C16H29O4. The van der Waals surface area contributed by atoms with Gasteiger partial charge in [-0.3, -0.25) is 9.59 Å². The maximum atomic E-state index is 11.3. The summed E-state index contributed by atoms with van der Waals surface area (Å²) in [6.45, 7) is 7.50. The molecule has 1 unspecified atom stereocenters. The first-order chi connectivity index (χ1) is 9.63. The molecule has 0 rings (SSSR count). The van der Waals surface area contributed by atoms with E-state index >= 15 is 0 Å². The Morgan fingerprint density at radius 2 is 1.55 bits per heavy atom. The lowest BCUT2D eigenvalue weighted by Crippen LogP contribution is -2.25. The predicted octanol–water partition coefficient (Wildman–Crippen LogP) is 3.83. The second-order valence-corrected chi connectivity index (χ2v) is 4.91. The molecule has 0 aromatic carbocycles. The van der Waals surface area contributed by atoms with Crippen LogP contribution in [0.2, 0.25) is 0 Å². The fourth-order valence-electron chi connectivity index (χ4n) is 1.81. The van der Waals surface area contributed by atoms with E-state index in [1.807, 2.05) is 0 Å². The second-order valence-electron chi connectivity index (χ2n) is 4.91. The summed E-state index contributed by atoms with van der Waals surface area (Å²) in [5.41, 5.74) is 0. The van der Waals surface area contributed by atoms with E-state index in [2.05, 4.69) is 6.92 Å². The highest BCUT2D eigenvalue weighted by Crippen LogP contribution is 2.11. The lowest BCUT2D eigenvalue weighted by molar-refractivity contribution is -0.159.